The van der Waals surface area contributed by atoms with Crippen LogP contribution in [0.5, 0.6) is 5.75 Å². The third-order valence-corrected chi connectivity index (χ3v) is 3.67. The predicted octanol–water partition coefficient (Wildman–Crippen LogP) is 2.98. The maximum absolute atomic E-state index is 12.8. The fourth-order valence-electron chi connectivity index (χ4n) is 2.40. The number of hydrogen-bond donors (Lipinski definition) is 1. The minimum Gasteiger partial charge on any atom is -0.481 e. The van der Waals surface area contributed by atoms with Crippen LogP contribution in [0.4, 0.5) is 10.1 Å². The predicted molar refractivity (Wildman–Crippen MR) is 92.1 cm³/mol. The van der Waals surface area contributed by atoms with E-state index >= 15 is 0 Å². The summed E-state index contributed by atoms with van der Waals surface area (Å²) in [4.78, 5) is 26.6. The van der Waals surface area contributed by atoms with E-state index in [4.69, 9.17) is 4.74 Å². The zero-order chi connectivity index (χ0) is 18.5. The van der Waals surface area contributed by atoms with Gasteiger partial charge in [-0.2, -0.15) is 0 Å². The minimum absolute atomic E-state index is 0.0822. The van der Waals surface area contributed by atoms with Gasteiger partial charge in [-0.25, -0.2) is 4.39 Å². The molecule has 0 aliphatic heterocycles. The molecule has 26 heavy (non-hydrogen) atoms. The fourth-order valence-corrected chi connectivity index (χ4v) is 2.40. The molecule has 1 aromatic heterocycles. The number of carbonyl (C=O) groups is 1. The van der Waals surface area contributed by atoms with Crippen LogP contribution in [0.25, 0.3) is 10.9 Å². The Balaban J connectivity index is 1.66. The van der Waals surface area contributed by atoms with Crippen LogP contribution in [0.1, 0.15) is 5.56 Å². The maximum Gasteiger partial charge on any atom is 0.279 e. The third-order valence-electron chi connectivity index (χ3n) is 3.67. The van der Waals surface area contributed by atoms with Gasteiger partial charge in [-0.1, -0.05) is 12.1 Å². The lowest BCUT2D eigenvalue weighted by Crippen LogP contribution is -2.28. The summed E-state index contributed by atoms with van der Waals surface area (Å²) in [5.41, 5.74) is 0.983. The van der Waals surface area contributed by atoms with E-state index in [1.807, 2.05) is 0 Å². The largest absolute Gasteiger partial charge is 0.481 e. The molecule has 1 N–H and O–H groups in total. The number of pyridine rings is 1. The summed E-state index contributed by atoms with van der Waals surface area (Å²) in [7, 11) is 0. The van der Waals surface area contributed by atoms with Gasteiger partial charge in [0.1, 0.15) is 17.1 Å². The summed E-state index contributed by atoms with van der Waals surface area (Å²) in [6, 6.07) is 11.7. The lowest BCUT2D eigenvalue weighted by molar-refractivity contribution is -0.383. The number of fused-ring (bicyclic) bond motifs is 1. The molecule has 0 bridgehead atoms. The number of nitrogens with one attached hydrogen (secondary N) is 1. The second-order valence-electron chi connectivity index (χ2n) is 5.43. The number of nitro benzene ring substituents is 1. The highest BCUT2D eigenvalue weighted by atomic mass is 19.1. The number of hydrogen-bond acceptors (Lipinski definition) is 5. The molecular weight excluding hydrogens is 341 g/mol. The first kappa shape index (κ1) is 17.3. The van der Waals surface area contributed by atoms with E-state index in [2.05, 4.69) is 10.3 Å². The molecule has 0 aliphatic carbocycles. The van der Waals surface area contributed by atoms with Crippen molar-refractivity contribution in [1.82, 2.24) is 10.3 Å². The highest BCUT2D eigenvalue weighted by molar-refractivity contribution is 5.92. The van der Waals surface area contributed by atoms with Crippen LogP contribution >= 0.6 is 0 Å². The van der Waals surface area contributed by atoms with Crippen LogP contribution in [0, 0.1) is 15.9 Å². The molecule has 0 saturated heterocycles. The number of nitrogens with zero attached hydrogens (tertiary/aromatic N) is 2. The topological polar surface area (TPSA) is 94.4 Å². The van der Waals surface area contributed by atoms with Gasteiger partial charge < -0.3 is 10.1 Å². The van der Waals surface area contributed by atoms with Crippen molar-refractivity contribution in [2.24, 2.45) is 0 Å². The van der Waals surface area contributed by atoms with Gasteiger partial charge in [0.15, 0.2) is 6.61 Å². The van der Waals surface area contributed by atoms with Crippen LogP contribution in [0.15, 0.2) is 54.7 Å². The van der Waals surface area contributed by atoms with Crippen LogP contribution in [0.3, 0.4) is 0 Å². The number of carbonyl (C=O) groups excluding carboxylic acids is 1. The molecule has 1 heterocycles. The van der Waals surface area contributed by atoms with Crippen molar-refractivity contribution in [3.8, 4) is 5.75 Å². The van der Waals surface area contributed by atoms with Gasteiger partial charge in [-0.05, 0) is 35.9 Å². The van der Waals surface area contributed by atoms with E-state index in [-0.39, 0.29) is 36.3 Å². The van der Waals surface area contributed by atoms with Crippen molar-refractivity contribution in [2.45, 2.75) is 6.54 Å². The number of ether oxygens (including phenoxy) is 1. The van der Waals surface area contributed by atoms with Gasteiger partial charge in [0.2, 0.25) is 0 Å². The first-order valence-electron chi connectivity index (χ1n) is 7.70. The van der Waals surface area contributed by atoms with Gasteiger partial charge in [0.05, 0.1) is 10.3 Å². The molecule has 0 fully saturated rings. The van der Waals surface area contributed by atoms with Crippen molar-refractivity contribution in [3.05, 3.63) is 76.2 Å². The second-order valence-corrected chi connectivity index (χ2v) is 5.43. The molecule has 0 radical (unpaired) electrons. The first-order valence-corrected chi connectivity index (χ1v) is 7.70. The Hall–Kier alpha value is -3.55. The summed E-state index contributed by atoms with van der Waals surface area (Å²) in [5, 5.41) is 14.1. The molecule has 0 saturated carbocycles. The Kier molecular flexibility index (Phi) is 5.02. The summed E-state index contributed by atoms with van der Waals surface area (Å²) < 4.78 is 18.3. The highest BCUT2D eigenvalue weighted by Gasteiger charge is 2.16. The van der Waals surface area contributed by atoms with Crippen molar-refractivity contribution in [3.63, 3.8) is 0 Å². The molecule has 132 valence electrons. The summed E-state index contributed by atoms with van der Waals surface area (Å²) in [5.74, 6) is -0.444. The molecule has 3 rings (SSSR count). The van der Waals surface area contributed by atoms with Crippen LogP contribution in [0.2, 0.25) is 0 Å². The Labute approximate surface area is 147 Å². The van der Waals surface area contributed by atoms with Gasteiger partial charge in [0, 0.05) is 18.8 Å². The Bertz CT molecular complexity index is 960. The fraction of sp³-hybridized carbons (Fsp3) is 0.111. The van der Waals surface area contributed by atoms with Crippen LogP contribution < -0.4 is 10.1 Å². The SMILES string of the molecule is O=C(COc1ccc([N+](=O)[O-])c2cccnc12)NCc1ccc(F)cc1. The summed E-state index contributed by atoms with van der Waals surface area (Å²) in [6.07, 6.45) is 1.49. The number of aromatic nitrogens is 1. The number of benzene rings is 2. The molecule has 0 aliphatic rings. The Morgan fingerprint density at radius 3 is 2.69 bits per heavy atom. The van der Waals surface area contributed by atoms with E-state index in [9.17, 15) is 19.3 Å². The minimum atomic E-state index is -0.497. The maximum atomic E-state index is 12.8. The molecule has 0 atom stereocenters. The smallest absolute Gasteiger partial charge is 0.279 e. The van der Waals surface area contributed by atoms with Crippen molar-refractivity contribution < 1.29 is 18.8 Å². The number of non-ortho nitro benzene ring substituents is 1. The van der Waals surface area contributed by atoms with Crippen LogP contribution in [-0.2, 0) is 11.3 Å². The quantitative estimate of drug-likeness (QED) is 0.542. The van der Waals surface area contributed by atoms with Gasteiger partial charge in [0.25, 0.3) is 11.6 Å². The van der Waals surface area contributed by atoms with E-state index < -0.39 is 4.92 Å². The van der Waals surface area contributed by atoms with Gasteiger partial charge in [-0.3, -0.25) is 19.9 Å². The molecule has 8 heteroatoms. The lowest BCUT2D eigenvalue weighted by atomic mass is 10.1. The van der Waals surface area contributed by atoms with E-state index in [1.54, 1.807) is 24.3 Å². The van der Waals surface area contributed by atoms with E-state index in [1.165, 1.54) is 30.5 Å². The molecule has 0 spiro atoms. The van der Waals surface area contributed by atoms with Crippen molar-refractivity contribution in [2.75, 3.05) is 6.61 Å². The molecule has 1 amide bonds. The molecule has 7 nitrogen and oxygen atoms in total. The number of halogens is 1. The van der Waals surface area contributed by atoms with Crippen LogP contribution in [-0.4, -0.2) is 22.4 Å². The lowest BCUT2D eigenvalue weighted by Gasteiger charge is -2.09. The third kappa shape index (κ3) is 3.92. The standard InChI is InChI=1S/C18H14FN3O4/c19-13-5-3-12(4-6-13)10-21-17(23)11-26-16-8-7-15(22(24)25)14-2-1-9-20-18(14)16/h1-9H,10-11H2,(H,21,23). The number of rotatable bonds is 6. The average molecular weight is 355 g/mol. The number of nitro groups is 1. The second kappa shape index (κ2) is 7.56. The number of amides is 1. The zero-order valence-corrected chi connectivity index (χ0v) is 13.5. The summed E-state index contributed by atoms with van der Waals surface area (Å²) in [6.45, 7) is -0.0353. The normalized spacial score (nSPS) is 10.5. The van der Waals surface area contributed by atoms with Crippen molar-refractivity contribution in [1.29, 1.82) is 0 Å². The average Bonchev–Trinajstić information content (AvgIpc) is 2.65. The monoisotopic (exact) mass is 355 g/mol. The van der Waals surface area contributed by atoms with Gasteiger partial charge in [-0.15, -0.1) is 0 Å². The molecule has 2 aromatic carbocycles. The van der Waals surface area contributed by atoms with E-state index in [0.717, 1.165) is 5.56 Å². The molecular formula is C18H14FN3O4. The summed E-state index contributed by atoms with van der Waals surface area (Å²) >= 11 is 0. The van der Waals surface area contributed by atoms with E-state index in [0.29, 0.717) is 10.9 Å². The molecule has 3 aromatic rings. The molecule has 0 unspecified atom stereocenters. The zero-order valence-electron chi connectivity index (χ0n) is 13.5. The highest BCUT2D eigenvalue weighted by Crippen LogP contribution is 2.31. The van der Waals surface area contributed by atoms with Crippen molar-refractivity contribution >= 4 is 22.5 Å². The van der Waals surface area contributed by atoms with Gasteiger partial charge >= 0.3 is 0 Å². The first-order chi connectivity index (χ1) is 12.5. The Morgan fingerprint density at radius 2 is 1.96 bits per heavy atom. The Morgan fingerprint density at radius 1 is 1.19 bits per heavy atom.